The van der Waals surface area contributed by atoms with Crippen LogP contribution in [0.3, 0.4) is 0 Å². The number of unbranched alkanes of at least 4 members (excludes halogenated alkanes) is 10. The lowest BCUT2D eigenvalue weighted by Crippen LogP contribution is -2.50. The second kappa shape index (κ2) is 20.7. The Bertz CT molecular complexity index is 850. The van der Waals surface area contributed by atoms with E-state index in [1.165, 1.54) is 39.0 Å². The minimum atomic E-state index is -2.11. The van der Waals surface area contributed by atoms with Crippen LogP contribution in [0.4, 0.5) is 22.0 Å². The molecule has 0 saturated carbocycles. The molecule has 0 saturated heterocycles. The minimum absolute atomic E-state index is 0.0585. The van der Waals surface area contributed by atoms with Crippen molar-refractivity contribution in [1.82, 2.24) is 0 Å². The highest BCUT2D eigenvalue weighted by atomic mass is 19.2. The molecule has 3 nitrogen and oxygen atoms in total. The molecule has 0 aromatic heterocycles. The van der Waals surface area contributed by atoms with Crippen LogP contribution >= 0.6 is 0 Å². The Hall–Kier alpha value is -1.25. The van der Waals surface area contributed by atoms with Crippen molar-refractivity contribution in [2.45, 2.75) is 182 Å². The average molecular weight is 623 g/mol. The second-order valence-corrected chi connectivity index (χ2v) is 12.9. The Kier molecular flexibility index (Phi) is 19.2. The summed E-state index contributed by atoms with van der Waals surface area (Å²) in [4.78, 5) is 0. The monoisotopic (exact) mass is 622 g/mol. The van der Waals surface area contributed by atoms with Crippen molar-refractivity contribution in [1.29, 1.82) is 0 Å². The van der Waals surface area contributed by atoms with Crippen molar-refractivity contribution in [3.8, 4) is 0 Å². The zero-order valence-electron chi connectivity index (χ0n) is 28.1. The first-order valence-corrected chi connectivity index (χ1v) is 16.8. The van der Waals surface area contributed by atoms with E-state index < -0.39 is 46.5 Å². The molecule has 2 atom stereocenters. The van der Waals surface area contributed by atoms with Crippen LogP contribution in [0.2, 0.25) is 0 Å². The number of halogens is 5. The number of rotatable bonds is 24. The largest absolute Gasteiger partial charge is 0.324 e. The van der Waals surface area contributed by atoms with Gasteiger partial charge in [0.2, 0.25) is 5.82 Å². The molecule has 1 aromatic carbocycles. The van der Waals surface area contributed by atoms with Crippen molar-refractivity contribution < 1.29 is 36.2 Å². The van der Waals surface area contributed by atoms with E-state index in [0.717, 1.165) is 51.4 Å². The SMILES string of the molecule is CCCCCCCCC(CCCCCCCCC(C)c1c(F)c(F)c(F)c(F)c1F)C(OC(C)C)(OC(C)C)OC(C)C. The van der Waals surface area contributed by atoms with Gasteiger partial charge in [-0.2, -0.15) is 0 Å². The van der Waals surface area contributed by atoms with E-state index in [1.807, 2.05) is 41.5 Å². The van der Waals surface area contributed by atoms with Gasteiger partial charge in [0.15, 0.2) is 23.3 Å². The number of hydrogen-bond acceptors (Lipinski definition) is 3. The fraction of sp³-hybridized carbons (Fsp3) is 0.829. The molecule has 252 valence electrons. The van der Waals surface area contributed by atoms with Crippen LogP contribution in [0.5, 0.6) is 0 Å². The molecular weight excluding hydrogens is 563 g/mol. The standard InChI is InChI=1S/C35H59F5O3/c1-9-10-11-12-16-19-22-28(35(41-24(2)3,42-25(4)5)43-26(6)7)23-20-17-14-13-15-18-21-27(8)29-30(36)32(38)34(40)33(39)31(29)37/h24-28H,9-23H2,1-8H3. The van der Waals surface area contributed by atoms with E-state index in [4.69, 9.17) is 14.2 Å². The van der Waals surface area contributed by atoms with Gasteiger partial charge < -0.3 is 14.2 Å². The Labute approximate surface area is 258 Å². The summed E-state index contributed by atoms with van der Waals surface area (Å²) in [5.41, 5.74) is -0.716. The summed E-state index contributed by atoms with van der Waals surface area (Å²) in [6, 6.07) is 0. The van der Waals surface area contributed by atoms with Crippen LogP contribution < -0.4 is 0 Å². The van der Waals surface area contributed by atoms with Crippen molar-refractivity contribution in [3.05, 3.63) is 34.6 Å². The molecule has 43 heavy (non-hydrogen) atoms. The molecular formula is C35H59F5O3. The molecule has 0 spiro atoms. The van der Waals surface area contributed by atoms with Gasteiger partial charge in [-0.15, -0.1) is 0 Å². The van der Waals surface area contributed by atoms with E-state index in [-0.39, 0.29) is 24.2 Å². The summed E-state index contributed by atoms with van der Waals surface area (Å²) in [7, 11) is 0. The third kappa shape index (κ3) is 13.7. The maximum atomic E-state index is 14.1. The van der Waals surface area contributed by atoms with Gasteiger partial charge in [0.05, 0.1) is 18.3 Å². The first kappa shape index (κ1) is 39.8. The summed E-state index contributed by atoms with van der Waals surface area (Å²) >= 11 is 0. The highest BCUT2D eigenvalue weighted by molar-refractivity contribution is 5.27. The molecule has 0 fully saturated rings. The normalized spacial score (nSPS) is 14.0. The molecule has 0 radical (unpaired) electrons. The average Bonchev–Trinajstić information content (AvgIpc) is 2.91. The Morgan fingerprint density at radius 2 is 0.791 bits per heavy atom. The number of ether oxygens (including phenoxy) is 3. The highest BCUT2D eigenvalue weighted by Gasteiger charge is 2.44. The molecule has 0 amide bonds. The number of benzene rings is 1. The third-order valence-corrected chi connectivity index (χ3v) is 7.78. The van der Waals surface area contributed by atoms with E-state index in [2.05, 4.69) is 6.92 Å². The molecule has 0 aliphatic rings. The predicted octanol–water partition coefficient (Wildman–Crippen LogP) is 11.9. The summed E-state index contributed by atoms with van der Waals surface area (Å²) in [5, 5.41) is 0. The molecule has 0 aliphatic heterocycles. The molecule has 8 heteroatoms. The maximum absolute atomic E-state index is 14.1. The van der Waals surface area contributed by atoms with Crippen molar-refractivity contribution in [2.75, 3.05) is 0 Å². The molecule has 0 bridgehead atoms. The molecule has 1 aromatic rings. The van der Waals surface area contributed by atoms with Crippen LogP contribution in [0.25, 0.3) is 0 Å². The molecule has 1 rings (SSSR count). The Balaban J connectivity index is 2.71. The van der Waals surface area contributed by atoms with Gasteiger partial charge in [-0.3, -0.25) is 0 Å². The first-order valence-electron chi connectivity index (χ1n) is 16.8. The topological polar surface area (TPSA) is 27.7 Å². The number of hydrogen-bond donors (Lipinski definition) is 0. The van der Waals surface area contributed by atoms with Crippen LogP contribution in [-0.4, -0.2) is 24.3 Å². The van der Waals surface area contributed by atoms with Gasteiger partial charge in [0.1, 0.15) is 0 Å². The fourth-order valence-corrected chi connectivity index (χ4v) is 5.77. The van der Waals surface area contributed by atoms with E-state index >= 15 is 0 Å². The van der Waals surface area contributed by atoms with E-state index in [9.17, 15) is 22.0 Å². The third-order valence-electron chi connectivity index (χ3n) is 7.78. The smallest absolute Gasteiger partial charge is 0.286 e. The van der Waals surface area contributed by atoms with E-state index in [0.29, 0.717) is 12.8 Å². The van der Waals surface area contributed by atoms with Gasteiger partial charge >= 0.3 is 0 Å². The van der Waals surface area contributed by atoms with E-state index in [1.54, 1.807) is 0 Å². The molecule has 0 N–H and O–H groups in total. The van der Waals surface area contributed by atoms with Gasteiger partial charge in [-0.1, -0.05) is 90.9 Å². The van der Waals surface area contributed by atoms with Gasteiger partial charge in [0.25, 0.3) is 5.97 Å². The zero-order valence-corrected chi connectivity index (χ0v) is 28.1. The van der Waals surface area contributed by atoms with Crippen molar-refractivity contribution in [2.24, 2.45) is 5.92 Å². The maximum Gasteiger partial charge on any atom is 0.286 e. The minimum Gasteiger partial charge on any atom is -0.324 e. The second-order valence-electron chi connectivity index (χ2n) is 12.9. The van der Waals surface area contributed by atoms with Gasteiger partial charge in [-0.25, -0.2) is 22.0 Å². The Morgan fingerprint density at radius 3 is 1.16 bits per heavy atom. The van der Waals surface area contributed by atoms with Crippen LogP contribution in [0.1, 0.15) is 163 Å². The highest BCUT2D eigenvalue weighted by Crippen LogP contribution is 2.38. The lowest BCUT2D eigenvalue weighted by molar-refractivity contribution is -0.433. The fourth-order valence-electron chi connectivity index (χ4n) is 5.77. The summed E-state index contributed by atoms with van der Waals surface area (Å²) in [6.07, 6.45) is 14.7. The quantitative estimate of drug-likeness (QED) is 0.0377. The van der Waals surface area contributed by atoms with Crippen molar-refractivity contribution >= 4 is 0 Å². The van der Waals surface area contributed by atoms with Crippen molar-refractivity contribution in [3.63, 3.8) is 0 Å². The van der Waals surface area contributed by atoms with Crippen LogP contribution in [-0.2, 0) is 14.2 Å². The first-order chi connectivity index (χ1) is 20.3. The Morgan fingerprint density at radius 1 is 0.465 bits per heavy atom. The van der Waals surface area contributed by atoms with Crippen LogP contribution in [0.15, 0.2) is 0 Å². The van der Waals surface area contributed by atoms with Gasteiger partial charge in [0, 0.05) is 11.5 Å². The zero-order chi connectivity index (χ0) is 32.6. The van der Waals surface area contributed by atoms with Crippen LogP contribution in [0, 0.1) is 35.0 Å². The van der Waals surface area contributed by atoms with Gasteiger partial charge in [-0.05, 0) is 66.7 Å². The summed E-state index contributed by atoms with van der Waals surface area (Å²) < 4.78 is 88.2. The summed E-state index contributed by atoms with van der Waals surface area (Å²) in [6.45, 7) is 15.8. The lowest BCUT2D eigenvalue weighted by atomic mass is 9.91. The lowest BCUT2D eigenvalue weighted by Gasteiger charge is -2.43. The molecule has 0 heterocycles. The summed E-state index contributed by atoms with van der Waals surface area (Å²) in [5.74, 6) is -11.1. The molecule has 2 unspecified atom stereocenters. The molecule has 0 aliphatic carbocycles. The predicted molar refractivity (Wildman–Crippen MR) is 164 cm³/mol.